The second-order valence-corrected chi connectivity index (χ2v) is 7.63. The molecule has 1 fully saturated rings. The molecule has 0 atom stereocenters. The Labute approximate surface area is 160 Å². The molecule has 0 bridgehead atoms. The summed E-state index contributed by atoms with van der Waals surface area (Å²) >= 11 is 0. The molecule has 2 aromatic carbocycles. The molecule has 1 aliphatic rings. The molecule has 4 rings (SSSR count). The molecule has 1 saturated carbocycles. The predicted molar refractivity (Wildman–Crippen MR) is 108 cm³/mol. The van der Waals surface area contributed by atoms with Gasteiger partial charge in [0.15, 0.2) is 5.82 Å². The summed E-state index contributed by atoms with van der Waals surface area (Å²) < 4.78 is 1.97. The molecular weight excluding hydrogens is 334 g/mol. The van der Waals surface area contributed by atoms with Gasteiger partial charge in [0, 0.05) is 5.69 Å². The highest BCUT2D eigenvalue weighted by atomic mass is 15.6. The molecule has 0 spiro atoms. The van der Waals surface area contributed by atoms with E-state index in [4.69, 9.17) is 0 Å². The van der Waals surface area contributed by atoms with Crippen molar-refractivity contribution in [2.24, 2.45) is 0 Å². The van der Waals surface area contributed by atoms with Crippen molar-refractivity contribution in [2.45, 2.75) is 58.4 Å². The van der Waals surface area contributed by atoms with Crippen molar-refractivity contribution in [2.75, 3.05) is 5.32 Å². The lowest BCUT2D eigenvalue weighted by Gasteiger charge is -2.30. The van der Waals surface area contributed by atoms with Gasteiger partial charge in [-0.15, -0.1) is 5.10 Å². The van der Waals surface area contributed by atoms with Gasteiger partial charge in [0.25, 0.3) is 0 Å². The number of anilines is 1. The summed E-state index contributed by atoms with van der Waals surface area (Å²) in [4.78, 5) is 0. The predicted octanol–water partition coefficient (Wildman–Crippen LogP) is 4.72. The number of nitrogens with zero attached hydrogens (tertiary/aromatic N) is 4. The zero-order valence-corrected chi connectivity index (χ0v) is 16.4. The molecule has 0 aliphatic heterocycles. The summed E-state index contributed by atoms with van der Waals surface area (Å²) in [6, 6.07) is 15.0. The van der Waals surface area contributed by atoms with E-state index in [1.165, 1.54) is 29.5 Å². The molecule has 0 unspecified atom stereocenters. The maximum atomic E-state index is 4.52. The first kappa shape index (κ1) is 17.7. The van der Waals surface area contributed by atoms with E-state index in [1.54, 1.807) is 0 Å². The SMILES string of the molecule is CCc1cccc(C)c1-n1nnnc1C1(Nc2ccc(C)cc2)CCCC1. The number of tetrazole rings is 1. The van der Waals surface area contributed by atoms with E-state index in [-0.39, 0.29) is 5.54 Å². The van der Waals surface area contributed by atoms with Crippen LogP contribution in [0.3, 0.4) is 0 Å². The molecule has 3 aromatic rings. The Kier molecular flexibility index (Phi) is 4.68. The van der Waals surface area contributed by atoms with Gasteiger partial charge in [-0.1, -0.05) is 55.7 Å². The molecule has 0 amide bonds. The topological polar surface area (TPSA) is 55.6 Å². The Morgan fingerprint density at radius 1 is 1.04 bits per heavy atom. The lowest BCUT2D eigenvalue weighted by atomic mass is 9.95. The highest BCUT2D eigenvalue weighted by Gasteiger charge is 2.41. The molecule has 5 heteroatoms. The van der Waals surface area contributed by atoms with Crippen LogP contribution in [-0.4, -0.2) is 20.2 Å². The van der Waals surface area contributed by atoms with Gasteiger partial charge < -0.3 is 5.32 Å². The smallest absolute Gasteiger partial charge is 0.181 e. The quantitative estimate of drug-likeness (QED) is 0.714. The van der Waals surface area contributed by atoms with Gasteiger partial charge in [-0.05, 0) is 66.8 Å². The molecule has 140 valence electrons. The van der Waals surface area contributed by atoms with E-state index in [9.17, 15) is 0 Å². The van der Waals surface area contributed by atoms with Crippen LogP contribution < -0.4 is 5.32 Å². The number of nitrogens with one attached hydrogen (secondary N) is 1. The third-order valence-electron chi connectivity index (χ3n) is 5.70. The van der Waals surface area contributed by atoms with Crippen LogP contribution in [0.5, 0.6) is 0 Å². The third-order valence-corrected chi connectivity index (χ3v) is 5.70. The summed E-state index contributed by atoms with van der Waals surface area (Å²) in [7, 11) is 0. The minimum atomic E-state index is -0.230. The lowest BCUT2D eigenvalue weighted by Crippen LogP contribution is -2.35. The van der Waals surface area contributed by atoms with Crippen LogP contribution in [0.2, 0.25) is 0 Å². The van der Waals surface area contributed by atoms with E-state index in [0.717, 1.165) is 36.5 Å². The van der Waals surface area contributed by atoms with Crippen LogP contribution in [-0.2, 0) is 12.0 Å². The fourth-order valence-electron chi connectivity index (χ4n) is 4.24. The Morgan fingerprint density at radius 3 is 2.48 bits per heavy atom. The van der Waals surface area contributed by atoms with Gasteiger partial charge in [-0.25, -0.2) is 0 Å². The highest BCUT2D eigenvalue weighted by molar-refractivity contribution is 5.51. The average Bonchev–Trinajstić information content (AvgIpc) is 3.33. The summed E-state index contributed by atoms with van der Waals surface area (Å²) in [5, 5.41) is 16.8. The van der Waals surface area contributed by atoms with Crippen molar-refractivity contribution in [1.29, 1.82) is 0 Å². The van der Waals surface area contributed by atoms with Gasteiger partial charge in [-0.3, -0.25) is 0 Å². The van der Waals surface area contributed by atoms with Crippen molar-refractivity contribution < 1.29 is 0 Å². The number of hydrogen-bond donors (Lipinski definition) is 1. The molecule has 1 aliphatic carbocycles. The largest absolute Gasteiger partial charge is 0.373 e. The molecule has 27 heavy (non-hydrogen) atoms. The first-order valence-corrected chi connectivity index (χ1v) is 9.85. The van der Waals surface area contributed by atoms with Crippen molar-refractivity contribution in [3.8, 4) is 5.69 Å². The zero-order chi connectivity index (χ0) is 18.9. The van der Waals surface area contributed by atoms with Crippen LogP contribution in [0.15, 0.2) is 42.5 Å². The molecule has 1 aromatic heterocycles. The summed E-state index contributed by atoms with van der Waals surface area (Å²) in [6.07, 6.45) is 5.39. The maximum absolute atomic E-state index is 4.52. The van der Waals surface area contributed by atoms with Crippen LogP contribution in [0.1, 0.15) is 55.1 Å². The van der Waals surface area contributed by atoms with Crippen LogP contribution in [0.25, 0.3) is 5.69 Å². The number of aromatic nitrogens is 4. The Morgan fingerprint density at radius 2 is 1.78 bits per heavy atom. The third kappa shape index (κ3) is 3.22. The molecule has 1 N–H and O–H groups in total. The van der Waals surface area contributed by atoms with Crippen molar-refractivity contribution in [3.05, 3.63) is 65.0 Å². The van der Waals surface area contributed by atoms with Gasteiger partial charge in [0.05, 0.1) is 11.2 Å². The van der Waals surface area contributed by atoms with E-state index in [0.29, 0.717) is 0 Å². The number of hydrogen-bond acceptors (Lipinski definition) is 4. The van der Waals surface area contributed by atoms with Gasteiger partial charge >= 0.3 is 0 Å². The number of para-hydroxylation sites is 1. The van der Waals surface area contributed by atoms with Gasteiger partial charge in [0.1, 0.15) is 0 Å². The summed E-state index contributed by atoms with van der Waals surface area (Å²) in [5.41, 5.74) is 5.75. The highest BCUT2D eigenvalue weighted by Crippen LogP contribution is 2.41. The Balaban J connectivity index is 1.80. The second kappa shape index (κ2) is 7.14. The molecular formula is C22H27N5. The fourth-order valence-corrected chi connectivity index (χ4v) is 4.24. The second-order valence-electron chi connectivity index (χ2n) is 7.63. The van der Waals surface area contributed by atoms with E-state index in [2.05, 4.69) is 84.1 Å². The monoisotopic (exact) mass is 361 g/mol. The Hall–Kier alpha value is -2.69. The van der Waals surface area contributed by atoms with Gasteiger partial charge in [0.2, 0.25) is 0 Å². The minimum Gasteiger partial charge on any atom is -0.373 e. The lowest BCUT2D eigenvalue weighted by molar-refractivity contribution is 0.460. The summed E-state index contributed by atoms with van der Waals surface area (Å²) in [6.45, 7) is 6.42. The molecule has 0 saturated heterocycles. The zero-order valence-electron chi connectivity index (χ0n) is 16.4. The van der Waals surface area contributed by atoms with Crippen LogP contribution in [0.4, 0.5) is 5.69 Å². The van der Waals surface area contributed by atoms with Gasteiger partial charge in [-0.2, -0.15) is 4.68 Å². The van der Waals surface area contributed by atoms with Crippen molar-refractivity contribution in [1.82, 2.24) is 20.2 Å². The van der Waals surface area contributed by atoms with E-state index in [1.807, 2.05) is 4.68 Å². The molecule has 5 nitrogen and oxygen atoms in total. The van der Waals surface area contributed by atoms with E-state index < -0.39 is 0 Å². The fraction of sp³-hybridized carbons (Fsp3) is 0.409. The van der Waals surface area contributed by atoms with Crippen LogP contribution in [0, 0.1) is 13.8 Å². The standard InChI is InChI=1S/C22H27N5/c1-4-18-9-7-8-17(3)20(18)27-21(24-25-26-27)22(14-5-6-15-22)23-19-12-10-16(2)11-13-19/h7-13,23H,4-6,14-15H2,1-3H3. The maximum Gasteiger partial charge on any atom is 0.181 e. The van der Waals surface area contributed by atoms with Crippen molar-refractivity contribution >= 4 is 5.69 Å². The van der Waals surface area contributed by atoms with Crippen molar-refractivity contribution in [3.63, 3.8) is 0 Å². The summed E-state index contributed by atoms with van der Waals surface area (Å²) in [5.74, 6) is 0.921. The normalized spacial score (nSPS) is 15.8. The minimum absolute atomic E-state index is 0.230. The molecule has 1 heterocycles. The average molecular weight is 361 g/mol. The molecule has 0 radical (unpaired) electrons. The number of benzene rings is 2. The first-order chi connectivity index (χ1) is 13.1. The Bertz CT molecular complexity index is 920. The van der Waals surface area contributed by atoms with Crippen LogP contribution >= 0.6 is 0 Å². The van der Waals surface area contributed by atoms with E-state index >= 15 is 0 Å². The number of aryl methyl sites for hydroxylation is 3. The number of rotatable bonds is 5. The first-order valence-electron chi connectivity index (χ1n) is 9.85.